The number of rotatable bonds is 9. The van der Waals surface area contributed by atoms with Gasteiger partial charge in [0.15, 0.2) is 0 Å². The summed E-state index contributed by atoms with van der Waals surface area (Å²) in [6, 6.07) is 12.8. The Kier molecular flexibility index (Phi) is 9.50. The highest BCUT2D eigenvalue weighted by Gasteiger charge is 2.36. The van der Waals surface area contributed by atoms with Crippen molar-refractivity contribution in [2.75, 3.05) is 43.5 Å². The normalized spacial score (nSPS) is 24.8. The fourth-order valence-electron chi connectivity index (χ4n) is 7.40. The van der Waals surface area contributed by atoms with Gasteiger partial charge in [0.1, 0.15) is 11.9 Å². The van der Waals surface area contributed by atoms with Crippen LogP contribution in [-0.4, -0.2) is 77.9 Å². The van der Waals surface area contributed by atoms with E-state index >= 15 is 0 Å². The predicted molar refractivity (Wildman–Crippen MR) is 185 cm³/mol. The molecule has 0 atom stereocenters. The van der Waals surface area contributed by atoms with E-state index in [-0.39, 0.29) is 24.0 Å². The van der Waals surface area contributed by atoms with Crippen LogP contribution in [0.25, 0.3) is 10.4 Å². The number of pyridine rings is 1. The molecule has 1 saturated heterocycles. The largest absolute Gasteiger partial charge is 0.446 e. The second-order valence-electron chi connectivity index (χ2n) is 14.3. The molecule has 7 rings (SSSR count). The fourth-order valence-corrected chi connectivity index (χ4v) is 8.48. The molecule has 3 aromatic rings. The predicted octanol–water partition coefficient (Wildman–Crippen LogP) is 6.83. The molecule has 3 aliphatic carbocycles. The minimum Gasteiger partial charge on any atom is -0.446 e. The number of benzene rings is 1. The van der Waals surface area contributed by atoms with Gasteiger partial charge in [-0.1, -0.05) is 18.2 Å². The van der Waals surface area contributed by atoms with Crippen LogP contribution >= 0.6 is 11.3 Å². The van der Waals surface area contributed by atoms with Gasteiger partial charge in [-0.2, -0.15) is 0 Å². The highest BCUT2D eigenvalue weighted by Crippen LogP contribution is 2.44. The molecule has 4 aliphatic rings. The van der Waals surface area contributed by atoms with Crippen molar-refractivity contribution in [3.05, 3.63) is 59.4 Å². The van der Waals surface area contributed by atoms with Crippen LogP contribution in [-0.2, 0) is 9.53 Å². The van der Waals surface area contributed by atoms with Crippen LogP contribution in [0.15, 0.2) is 48.8 Å². The van der Waals surface area contributed by atoms with Crippen molar-refractivity contribution in [1.29, 1.82) is 0 Å². The molecule has 2 amide bonds. The van der Waals surface area contributed by atoms with Crippen molar-refractivity contribution in [3.8, 4) is 10.4 Å². The molecule has 1 aromatic carbocycles. The summed E-state index contributed by atoms with van der Waals surface area (Å²) in [6.45, 7) is 1.40. The molecule has 0 unspecified atom stereocenters. The highest BCUT2D eigenvalue weighted by atomic mass is 32.1. The standard InChI is InChI=1S/C37H47N5O4S/c1-40(2)34-17-14-29(19-38-34)25-8-6-24(7-9-25)21-42(30-5-3-4-28(18-30)33-20-39-35(47-33)26-10-11-26)36(44)27-12-15-32(16-13-27)46-37(45)41-22-31(43)23-41/h3-5,14,17-20,24-27,31-32,43H,6-13,15-16,21-23H2,1-2H3/t24-,25-,27-,32-. The number of hydrogen-bond donors (Lipinski definition) is 1. The molecule has 0 bridgehead atoms. The van der Waals surface area contributed by atoms with E-state index in [2.05, 4.69) is 46.3 Å². The monoisotopic (exact) mass is 657 g/mol. The van der Waals surface area contributed by atoms with Crippen molar-refractivity contribution in [2.24, 2.45) is 11.8 Å². The summed E-state index contributed by atoms with van der Waals surface area (Å²) in [5.74, 6) is 2.63. The Morgan fingerprint density at radius 2 is 1.66 bits per heavy atom. The molecule has 4 fully saturated rings. The van der Waals surface area contributed by atoms with Gasteiger partial charge in [-0.05, 0) is 105 Å². The van der Waals surface area contributed by atoms with Crippen LogP contribution in [0.1, 0.15) is 86.6 Å². The third-order valence-corrected chi connectivity index (χ3v) is 11.8. The summed E-state index contributed by atoms with van der Waals surface area (Å²) >= 11 is 1.78. The summed E-state index contributed by atoms with van der Waals surface area (Å²) in [5.41, 5.74) is 3.39. The second-order valence-corrected chi connectivity index (χ2v) is 15.4. The topological polar surface area (TPSA) is 99.1 Å². The van der Waals surface area contributed by atoms with E-state index in [0.717, 1.165) is 54.2 Å². The molecular formula is C37H47N5O4S. The number of β-amino-alcohol motifs (C(OH)–C–C–N with tert-alkyl or cyclic N) is 1. The fraction of sp³-hybridized carbons (Fsp3) is 0.568. The molecule has 3 saturated carbocycles. The lowest BCUT2D eigenvalue weighted by Crippen LogP contribution is -2.54. The third-order valence-electron chi connectivity index (χ3n) is 10.6. The zero-order valence-corrected chi connectivity index (χ0v) is 28.4. The maximum Gasteiger partial charge on any atom is 0.410 e. The van der Waals surface area contributed by atoms with Gasteiger partial charge in [0.05, 0.1) is 29.1 Å². The quantitative estimate of drug-likeness (QED) is 0.269. The first-order valence-electron chi connectivity index (χ1n) is 17.4. The van der Waals surface area contributed by atoms with Crippen molar-refractivity contribution in [2.45, 2.75) is 88.3 Å². The second kappa shape index (κ2) is 13.9. The lowest BCUT2D eigenvalue weighted by Gasteiger charge is -2.38. The number of aliphatic hydroxyl groups excluding tert-OH is 1. The van der Waals surface area contributed by atoms with Gasteiger partial charge in [-0.25, -0.2) is 14.8 Å². The van der Waals surface area contributed by atoms with Crippen LogP contribution in [0.5, 0.6) is 0 Å². The average Bonchev–Trinajstić information content (AvgIpc) is 3.82. The summed E-state index contributed by atoms with van der Waals surface area (Å²) in [6.07, 6.45) is 12.7. The number of anilines is 2. The zero-order chi connectivity index (χ0) is 32.5. The molecule has 47 heavy (non-hydrogen) atoms. The minimum absolute atomic E-state index is 0.0954. The van der Waals surface area contributed by atoms with E-state index in [1.807, 2.05) is 31.4 Å². The SMILES string of the molecule is CN(C)c1ccc([C@H]2CC[C@H](CN(c3cccc(-c4cnc(C5CC5)s4)c3)C(=O)[C@H]3CC[C@H](OC(=O)N4CC(O)C4)CC3)CC2)cn1. The smallest absolute Gasteiger partial charge is 0.410 e. The zero-order valence-electron chi connectivity index (χ0n) is 27.6. The number of nitrogens with zero attached hydrogens (tertiary/aromatic N) is 5. The van der Waals surface area contributed by atoms with Crippen LogP contribution in [0.4, 0.5) is 16.3 Å². The van der Waals surface area contributed by atoms with Crippen LogP contribution in [0.2, 0.25) is 0 Å². The van der Waals surface area contributed by atoms with Crippen molar-refractivity contribution >= 4 is 34.8 Å². The molecule has 1 aliphatic heterocycles. The average molecular weight is 658 g/mol. The van der Waals surface area contributed by atoms with E-state index in [9.17, 15) is 14.7 Å². The van der Waals surface area contributed by atoms with Crippen LogP contribution in [0, 0.1) is 11.8 Å². The summed E-state index contributed by atoms with van der Waals surface area (Å²) < 4.78 is 5.73. The van der Waals surface area contributed by atoms with Gasteiger partial charge in [-0.3, -0.25) is 4.79 Å². The van der Waals surface area contributed by atoms with E-state index in [1.54, 1.807) is 11.3 Å². The summed E-state index contributed by atoms with van der Waals surface area (Å²) in [5, 5.41) is 10.8. The number of likely N-dealkylation sites (tertiary alicyclic amines) is 1. The molecule has 0 spiro atoms. The van der Waals surface area contributed by atoms with Gasteiger partial charge in [-0.15, -0.1) is 11.3 Å². The summed E-state index contributed by atoms with van der Waals surface area (Å²) in [4.78, 5) is 43.0. The number of ether oxygens (including phenoxy) is 1. The Hall–Kier alpha value is -3.50. The van der Waals surface area contributed by atoms with Gasteiger partial charge in [0, 0.05) is 50.6 Å². The number of hydrogen-bond acceptors (Lipinski definition) is 8. The van der Waals surface area contributed by atoms with E-state index in [1.165, 1.54) is 28.3 Å². The number of aromatic nitrogens is 2. The lowest BCUT2D eigenvalue weighted by atomic mass is 9.78. The Balaban J connectivity index is 1.03. The first-order chi connectivity index (χ1) is 22.8. The first kappa shape index (κ1) is 32.1. The van der Waals surface area contributed by atoms with E-state index in [4.69, 9.17) is 9.72 Å². The molecule has 9 nitrogen and oxygen atoms in total. The Morgan fingerprint density at radius 1 is 0.915 bits per heavy atom. The van der Waals surface area contributed by atoms with Crippen molar-refractivity contribution in [3.63, 3.8) is 0 Å². The van der Waals surface area contributed by atoms with Gasteiger partial charge in [0.25, 0.3) is 0 Å². The minimum atomic E-state index is -0.446. The van der Waals surface area contributed by atoms with Gasteiger partial charge < -0.3 is 24.5 Å². The number of amides is 2. The number of carbonyl (C=O) groups is 2. The number of carbonyl (C=O) groups excluding carboxylic acids is 2. The Labute approximate surface area is 282 Å². The molecule has 1 N–H and O–H groups in total. The first-order valence-corrected chi connectivity index (χ1v) is 18.3. The van der Waals surface area contributed by atoms with Crippen molar-refractivity contribution < 1.29 is 19.4 Å². The maximum atomic E-state index is 14.4. The van der Waals surface area contributed by atoms with Crippen LogP contribution < -0.4 is 9.80 Å². The number of thiazole rings is 1. The molecule has 3 heterocycles. The Morgan fingerprint density at radius 3 is 2.32 bits per heavy atom. The Bertz CT molecular complexity index is 1530. The van der Waals surface area contributed by atoms with Gasteiger partial charge >= 0.3 is 6.09 Å². The lowest BCUT2D eigenvalue weighted by molar-refractivity contribution is -0.124. The van der Waals surface area contributed by atoms with E-state index < -0.39 is 6.10 Å². The van der Waals surface area contributed by atoms with Gasteiger partial charge in [0.2, 0.25) is 5.91 Å². The molecule has 10 heteroatoms. The summed E-state index contributed by atoms with van der Waals surface area (Å²) in [7, 11) is 4.03. The number of aliphatic hydroxyl groups is 1. The van der Waals surface area contributed by atoms with Crippen molar-refractivity contribution in [1.82, 2.24) is 14.9 Å². The molecule has 2 aromatic heterocycles. The van der Waals surface area contributed by atoms with E-state index in [0.29, 0.717) is 56.5 Å². The maximum absolute atomic E-state index is 14.4. The molecular weight excluding hydrogens is 611 g/mol. The third kappa shape index (κ3) is 7.49. The van der Waals surface area contributed by atoms with Crippen LogP contribution in [0.3, 0.4) is 0 Å². The molecule has 250 valence electrons. The molecule has 0 radical (unpaired) electrons. The highest BCUT2D eigenvalue weighted by molar-refractivity contribution is 7.15.